The van der Waals surface area contributed by atoms with E-state index in [2.05, 4.69) is 17.6 Å². The van der Waals surface area contributed by atoms with E-state index in [0.717, 1.165) is 30.6 Å². The van der Waals surface area contributed by atoms with Crippen LogP contribution in [0.1, 0.15) is 37.8 Å². The summed E-state index contributed by atoms with van der Waals surface area (Å²) in [5.74, 6) is 0.860. The number of carbonyl (C=O) groups excluding carboxylic acids is 1. The Kier molecular flexibility index (Phi) is 9.86. The summed E-state index contributed by atoms with van der Waals surface area (Å²) in [7, 11) is 3.42. The number of halogens is 1. The summed E-state index contributed by atoms with van der Waals surface area (Å²) in [5, 5.41) is 5.93. The van der Waals surface area contributed by atoms with Crippen molar-refractivity contribution in [3.63, 3.8) is 0 Å². The molecule has 0 aliphatic carbocycles. The molecular formula is C15H25ClN2O2. The maximum atomic E-state index is 11.7. The van der Waals surface area contributed by atoms with E-state index in [4.69, 9.17) is 4.74 Å². The van der Waals surface area contributed by atoms with Gasteiger partial charge in [-0.1, -0.05) is 31.9 Å². The van der Waals surface area contributed by atoms with Gasteiger partial charge in [-0.15, -0.1) is 12.4 Å². The fourth-order valence-electron chi connectivity index (χ4n) is 1.97. The average Bonchev–Trinajstić information content (AvgIpc) is 2.44. The van der Waals surface area contributed by atoms with Gasteiger partial charge in [0, 0.05) is 0 Å². The maximum absolute atomic E-state index is 11.7. The third kappa shape index (κ3) is 6.26. The molecule has 1 unspecified atom stereocenters. The number of nitrogens with one attached hydrogen (secondary N) is 2. The Morgan fingerprint density at radius 2 is 1.95 bits per heavy atom. The van der Waals surface area contributed by atoms with Crippen LogP contribution in [0.15, 0.2) is 24.3 Å². The van der Waals surface area contributed by atoms with Crippen LogP contribution in [0.3, 0.4) is 0 Å². The number of likely N-dealkylation sites (N-methyl/N-ethyl adjacent to an activating group) is 1. The molecule has 0 saturated carbocycles. The Hall–Kier alpha value is -1.26. The minimum atomic E-state index is 0. The second-order valence-corrected chi connectivity index (χ2v) is 4.57. The largest absolute Gasteiger partial charge is 0.497 e. The van der Waals surface area contributed by atoms with Crippen LogP contribution in [-0.4, -0.2) is 26.6 Å². The Bertz CT molecular complexity index is 382. The molecule has 1 amide bonds. The zero-order chi connectivity index (χ0) is 14.1. The third-order valence-electron chi connectivity index (χ3n) is 3.04. The number of benzene rings is 1. The van der Waals surface area contributed by atoms with E-state index in [1.54, 1.807) is 14.2 Å². The monoisotopic (exact) mass is 300 g/mol. The number of ether oxygens (including phenoxy) is 1. The lowest BCUT2D eigenvalue weighted by molar-refractivity contribution is -0.120. The predicted octanol–water partition coefficient (Wildman–Crippen LogP) is 2.68. The highest BCUT2D eigenvalue weighted by Crippen LogP contribution is 2.22. The first-order valence-electron chi connectivity index (χ1n) is 6.79. The standard InChI is InChI=1S/C15H24N2O2.ClH/c1-4-5-6-14(17-15(18)11-16-2)12-7-9-13(19-3)10-8-12;/h7-10,14,16H,4-6,11H2,1-3H3,(H,17,18);1H. The van der Waals surface area contributed by atoms with Crippen molar-refractivity contribution in [2.24, 2.45) is 0 Å². The Morgan fingerprint density at radius 3 is 2.45 bits per heavy atom. The molecule has 0 spiro atoms. The number of methoxy groups -OCH3 is 1. The zero-order valence-electron chi connectivity index (χ0n) is 12.4. The smallest absolute Gasteiger partial charge is 0.234 e. The molecule has 1 aromatic rings. The van der Waals surface area contributed by atoms with E-state index < -0.39 is 0 Å². The van der Waals surface area contributed by atoms with Crippen LogP contribution in [0.4, 0.5) is 0 Å². The van der Waals surface area contributed by atoms with Crippen molar-refractivity contribution in [3.05, 3.63) is 29.8 Å². The van der Waals surface area contributed by atoms with Crippen LogP contribution in [0.2, 0.25) is 0 Å². The number of carbonyl (C=O) groups is 1. The first-order chi connectivity index (χ1) is 9.21. The molecule has 2 N–H and O–H groups in total. The van der Waals surface area contributed by atoms with E-state index in [9.17, 15) is 4.79 Å². The van der Waals surface area contributed by atoms with Gasteiger partial charge in [-0.05, 0) is 31.2 Å². The summed E-state index contributed by atoms with van der Waals surface area (Å²) in [5.41, 5.74) is 1.12. The Labute approximate surface area is 127 Å². The van der Waals surface area contributed by atoms with Gasteiger partial charge in [-0.25, -0.2) is 0 Å². The Balaban J connectivity index is 0.00000361. The van der Waals surface area contributed by atoms with Crippen LogP contribution < -0.4 is 15.4 Å². The average molecular weight is 301 g/mol. The molecule has 0 aromatic heterocycles. The first-order valence-corrected chi connectivity index (χ1v) is 6.79. The quantitative estimate of drug-likeness (QED) is 0.776. The molecule has 5 heteroatoms. The highest BCUT2D eigenvalue weighted by Gasteiger charge is 2.13. The molecule has 1 atom stereocenters. The minimum Gasteiger partial charge on any atom is -0.497 e. The van der Waals surface area contributed by atoms with Crippen molar-refractivity contribution >= 4 is 18.3 Å². The molecule has 0 heterocycles. The molecule has 0 radical (unpaired) electrons. The van der Waals surface area contributed by atoms with E-state index in [1.165, 1.54) is 0 Å². The Morgan fingerprint density at radius 1 is 1.30 bits per heavy atom. The molecule has 0 aliphatic rings. The van der Waals surface area contributed by atoms with E-state index >= 15 is 0 Å². The van der Waals surface area contributed by atoms with Crippen LogP contribution in [0.25, 0.3) is 0 Å². The summed E-state index contributed by atoms with van der Waals surface area (Å²) >= 11 is 0. The predicted molar refractivity (Wildman–Crippen MR) is 84.6 cm³/mol. The second kappa shape index (κ2) is 10.5. The van der Waals surface area contributed by atoms with Crippen molar-refractivity contribution in [2.75, 3.05) is 20.7 Å². The lowest BCUT2D eigenvalue weighted by Crippen LogP contribution is -2.35. The molecule has 0 fully saturated rings. The van der Waals surface area contributed by atoms with Gasteiger partial charge in [0.15, 0.2) is 0 Å². The van der Waals surface area contributed by atoms with Gasteiger partial charge in [0.25, 0.3) is 0 Å². The van der Waals surface area contributed by atoms with Crippen LogP contribution in [-0.2, 0) is 4.79 Å². The molecule has 0 saturated heterocycles. The van der Waals surface area contributed by atoms with Crippen molar-refractivity contribution in [3.8, 4) is 5.75 Å². The minimum absolute atomic E-state index is 0. The van der Waals surface area contributed by atoms with Gasteiger partial charge >= 0.3 is 0 Å². The highest BCUT2D eigenvalue weighted by molar-refractivity contribution is 5.85. The van der Waals surface area contributed by atoms with Gasteiger partial charge in [0.05, 0.1) is 19.7 Å². The highest BCUT2D eigenvalue weighted by atomic mass is 35.5. The van der Waals surface area contributed by atoms with E-state index in [0.29, 0.717) is 6.54 Å². The first kappa shape index (κ1) is 18.7. The number of hydrogen-bond acceptors (Lipinski definition) is 3. The maximum Gasteiger partial charge on any atom is 0.234 e. The third-order valence-corrected chi connectivity index (χ3v) is 3.04. The summed E-state index contributed by atoms with van der Waals surface area (Å²) in [6, 6.07) is 7.96. The van der Waals surface area contributed by atoms with Crippen molar-refractivity contribution < 1.29 is 9.53 Å². The molecule has 114 valence electrons. The normalized spacial score (nSPS) is 11.3. The number of unbranched alkanes of at least 4 members (excludes halogenated alkanes) is 1. The molecule has 20 heavy (non-hydrogen) atoms. The second-order valence-electron chi connectivity index (χ2n) is 4.57. The fourth-order valence-corrected chi connectivity index (χ4v) is 1.97. The summed E-state index contributed by atoms with van der Waals surface area (Å²) < 4.78 is 5.15. The van der Waals surface area contributed by atoms with E-state index in [-0.39, 0.29) is 24.4 Å². The van der Waals surface area contributed by atoms with E-state index in [1.807, 2.05) is 24.3 Å². The van der Waals surface area contributed by atoms with Gasteiger partial charge in [-0.2, -0.15) is 0 Å². The summed E-state index contributed by atoms with van der Waals surface area (Å²) in [6.45, 7) is 2.50. The topological polar surface area (TPSA) is 50.4 Å². The summed E-state index contributed by atoms with van der Waals surface area (Å²) in [4.78, 5) is 11.7. The molecule has 0 bridgehead atoms. The van der Waals surface area contributed by atoms with Gasteiger partial charge < -0.3 is 15.4 Å². The van der Waals surface area contributed by atoms with Gasteiger partial charge in [0.1, 0.15) is 5.75 Å². The molecule has 1 aromatic carbocycles. The number of hydrogen-bond donors (Lipinski definition) is 2. The van der Waals surface area contributed by atoms with Gasteiger partial charge in [-0.3, -0.25) is 4.79 Å². The van der Waals surface area contributed by atoms with Crippen molar-refractivity contribution in [2.45, 2.75) is 32.2 Å². The molecule has 4 nitrogen and oxygen atoms in total. The molecule has 0 aliphatic heterocycles. The van der Waals surface area contributed by atoms with Crippen LogP contribution >= 0.6 is 12.4 Å². The lowest BCUT2D eigenvalue weighted by Gasteiger charge is -2.19. The molecular weight excluding hydrogens is 276 g/mol. The zero-order valence-corrected chi connectivity index (χ0v) is 13.3. The van der Waals surface area contributed by atoms with Crippen LogP contribution in [0, 0.1) is 0 Å². The van der Waals surface area contributed by atoms with Crippen LogP contribution in [0.5, 0.6) is 5.75 Å². The van der Waals surface area contributed by atoms with Gasteiger partial charge in [0.2, 0.25) is 5.91 Å². The lowest BCUT2D eigenvalue weighted by atomic mass is 10.0. The van der Waals surface area contributed by atoms with Crippen molar-refractivity contribution in [1.29, 1.82) is 0 Å². The molecule has 1 rings (SSSR count). The van der Waals surface area contributed by atoms with Crippen molar-refractivity contribution in [1.82, 2.24) is 10.6 Å². The summed E-state index contributed by atoms with van der Waals surface area (Å²) in [6.07, 6.45) is 3.17. The SMILES string of the molecule is CCCCC(NC(=O)CNC)c1ccc(OC)cc1.Cl. The number of rotatable bonds is 8. The number of amides is 1. The fraction of sp³-hybridized carbons (Fsp3) is 0.533.